The topological polar surface area (TPSA) is 53.6 Å². The second-order valence-electron chi connectivity index (χ2n) is 6.20. The van der Waals surface area contributed by atoms with Gasteiger partial charge in [-0.2, -0.15) is 0 Å². The van der Waals surface area contributed by atoms with Crippen LogP contribution in [-0.4, -0.2) is 43.6 Å². The average Bonchev–Trinajstić information content (AvgIpc) is 3.00. The van der Waals surface area contributed by atoms with Gasteiger partial charge in [0.1, 0.15) is 0 Å². The maximum absolute atomic E-state index is 5.89. The van der Waals surface area contributed by atoms with Gasteiger partial charge in [-0.15, -0.1) is 24.0 Å². The van der Waals surface area contributed by atoms with Crippen LogP contribution in [0.1, 0.15) is 31.7 Å². The first kappa shape index (κ1) is 20.2. The average molecular weight is 430 g/mol. The third-order valence-electron chi connectivity index (χ3n) is 4.29. The molecule has 1 atom stereocenters. The summed E-state index contributed by atoms with van der Waals surface area (Å²) in [6.45, 7) is 7.45. The fraction of sp³-hybridized carbons (Fsp3) is 0.611. The quantitative estimate of drug-likeness (QED) is 0.289. The molecule has 0 saturated carbocycles. The Morgan fingerprint density at radius 2 is 2.13 bits per heavy atom. The molecule has 4 nitrogen and oxygen atoms in total. The van der Waals surface area contributed by atoms with Gasteiger partial charge in [-0.05, 0) is 37.3 Å². The smallest absolute Gasteiger partial charge is 0.188 e. The minimum atomic E-state index is 0. The Bertz CT molecular complexity index is 450. The van der Waals surface area contributed by atoms with E-state index < -0.39 is 0 Å². The first-order chi connectivity index (χ1) is 10.8. The van der Waals surface area contributed by atoms with Gasteiger partial charge in [0.15, 0.2) is 5.96 Å². The Kier molecular flexibility index (Phi) is 10.3. The SMILES string of the molecule is CCCCNC(N)=NCC1CCN(CCc2ccccc2)C1.I. The summed E-state index contributed by atoms with van der Waals surface area (Å²) in [5.74, 6) is 1.26. The van der Waals surface area contributed by atoms with E-state index in [1.165, 1.54) is 24.9 Å². The minimum Gasteiger partial charge on any atom is -0.370 e. The third kappa shape index (κ3) is 8.01. The van der Waals surface area contributed by atoms with Crippen LogP contribution in [0.5, 0.6) is 0 Å². The van der Waals surface area contributed by atoms with Crippen molar-refractivity contribution < 1.29 is 0 Å². The normalized spacial score (nSPS) is 18.7. The summed E-state index contributed by atoms with van der Waals surface area (Å²) in [5.41, 5.74) is 7.31. The lowest BCUT2D eigenvalue weighted by Crippen LogP contribution is -2.33. The fourth-order valence-electron chi connectivity index (χ4n) is 2.87. The minimum absolute atomic E-state index is 0. The number of nitrogens with zero attached hydrogens (tertiary/aromatic N) is 2. The molecule has 23 heavy (non-hydrogen) atoms. The summed E-state index contributed by atoms with van der Waals surface area (Å²) in [6, 6.07) is 10.7. The van der Waals surface area contributed by atoms with E-state index in [4.69, 9.17) is 5.73 Å². The van der Waals surface area contributed by atoms with E-state index in [9.17, 15) is 0 Å². The molecule has 3 N–H and O–H groups in total. The molecule has 1 aliphatic rings. The van der Waals surface area contributed by atoms with Gasteiger partial charge in [-0.25, -0.2) is 0 Å². The van der Waals surface area contributed by atoms with Gasteiger partial charge in [0.25, 0.3) is 0 Å². The van der Waals surface area contributed by atoms with Crippen LogP contribution in [-0.2, 0) is 6.42 Å². The summed E-state index contributed by atoms with van der Waals surface area (Å²) in [5, 5.41) is 3.18. The van der Waals surface area contributed by atoms with E-state index in [0.717, 1.165) is 39.0 Å². The van der Waals surface area contributed by atoms with Crippen LogP contribution in [0.25, 0.3) is 0 Å². The molecule has 1 fully saturated rings. The van der Waals surface area contributed by atoms with Crippen LogP contribution >= 0.6 is 24.0 Å². The summed E-state index contributed by atoms with van der Waals surface area (Å²) in [4.78, 5) is 7.04. The van der Waals surface area contributed by atoms with Gasteiger partial charge in [0, 0.05) is 26.2 Å². The van der Waals surface area contributed by atoms with Crippen molar-refractivity contribution in [2.45, 2.75) is 32.6 Å². The molecule has 1 aromatic rings. The van der Waals surface area contributed by atoms with Crippen LogP contribution in [0.4, 0.5) is 0 Å². The molecule has 1 unspecified atom stereocenters. The van der Waals surface area contributed by atoms with Crippen LogP contribution in [0, 0.1) is 5.92 Å². The summed E-state index contributed by atoms with van der Waals surface area (Å²) in [7, 11) is 0. The van der Waals surface area contributed by atoms with Crippen LogP contribution in [0.15, 0.2) is 35.3 Å². The third-order valence-corrected chi connectivity index (χ3v) is 4.29. The van der Waals surface area contributed by atoms with Gasteiger partial charge in [-0.1, -0.05) is 43.7 Å². The first-order valence-electron chi connectivity index (χ1n) is 8.58. The monoisotopic (exact) mass is 430 g/mol. The van der Waals surface area contributed by atoms with Crippen molar-refractivity contribution in [3.05, 3.63) is 35.9 Å². The molecule has 130 valence electrons. The summed E-state index contributed by atoms with van der Waals surface area (Å²) in [6.07, 6.45) is 4.70. The Hall–Kier alpha value is -0.820. The molecular formula is C18H31IN4. The maximum atomic E-state index is 5.89. The van der Waals surface area contributed by atoms with Gasteiger partial charge in [-0.3, -0.25) is 4.99 Å². The van der Waals surface area contributed by atoms with Crippen LogP contribution in [0.2, 0.25) is 0 Å². The van der Waals surface area contributed by atoms with Gasteiger partial charge in [0.05, 0.1) is 0 Å². The van der Waals surface area contributed by atoms with Crippen molar-refractivity contribution in [2.75, 3.05) is 32.7 Å². The fourth-order valence-corrected chi connectivity index (χ4v) is 2.87. The Morgan fingerprint density at radius 3 is 2.87 bits per heavy atom. The second kappa shape index (κ2) is 11.7. The first-order valence-corrected chi connectivity index (χ1v) is 8.58. The molecule has 0 bridgehead atoms. The zero-order chi connectivity index (χ0) is 15.6. The molecule has 5 heteroatoms. The van der Waals surface area contributed by atoms with Gasteiger partial charge < -0.3 is 16.0 Å². The molecule has 1 heterocycles. The summed E-state index contributed by atoms with van der Waals surface area (Å²) >= 11 is 0. The van der Waals surface area contributed by atoms with Crippen molar-refractivity contribution in [3.63, 3.8) is 0 Å². The molecule has 2 rings (SSSR count). The van der Waals surface area contributed by atoms with Crippen molar-refractivity contribution in [1.82, 2.24) is 10.2 Å². The Balaban J connectivity index is 0.00000264. The van der Waals surface area contributed by atoms with E-state index in [1.807, 2.05) is 0 Å². The molecule has 1 aromatic carbocycles. The van der Waals surface area contributed by atoms with Crippen molar-refractivity contribution in [1.29, 1.82) is 0 Å². The number of aliphatic imine (C=N–C) groups is 1. The molecule has 0 amide bonds. The molecule has 0 aliphatic carbocycles. The molecule has 1 aliphatic heterocycles. The Labute approximate surface area is 157 Å². The molecule has 0 radical (unpaired) electrons. The summed E-state index contributed by atoms with van der Waals surface area (Å²) < 4.78 is 0. The Morgan fingerprint density at radius 1 is 1.35 bits per heavy atom. The lowest BCUT2D eigenvalue weighted by molar-refractivity contribution is 0.329. The predicted molar refractivity (Wildman–Crippen MR) is 110 cm³/mol. The van der Waals surface area contributed by atoms with Crippen LogP contribution in [0.3, 0.4) is 0 Å². The van der Waals surface area contributed by atoms with Crippen molar-refractivity contribution in [2.24, 2.45) is 16.6 Å². The molecule has 0 aromatic heterocycles. The highest BCUT2D eigenvalue weighted by atomic mass is 127. The number of hydrogen-bond donors (Lipinski definition) is 2. The van der Waals surface area contributed by atoms with Gasteiger partial charge in [0.2, 0.25) is 0 Å². The predicted octanol–water partition coefficient (Wildman–Crippen LogP) is 2.87. The lowest BCUT2D eigenvalue weighted by atomic mass is 10.1. The number of nitrogens with one attached hydrogen (secondary N) is 1. The molecular weight excluding hydrogens is 399 g/mol. The van der Waals surface area contributed by atoms with E-state index in [1.54, 1.807) is 0 Å². The number of likely N-dealkylation sites (tertiary alicyclic amines) is 1. The second-order valence-corrected chi connectivity index (χ2v) is 6.20. The van der Waals surface area contributed by atoms with E-state index in [-0.39, 0.29) is 24.0 Å². The van der Waals surface area contributed by atoms with Gasteiger partial charge >= 0.3 is 0 Å². The number of hydrogen-bond acceptors (Lipinski definition) is 2. The number of unbranched alkanes of at least 4 members (excludes halogenated alkanes) is 1. The zero-order valence-corrected chi connectivity index (χ0v) is 16.5. The zero-order valence-electron chi connectivity index (χ0n) is 14.2. The van der Waals surface area contributed by atoms with E-state index >= 15 is 0 Å². The number of rotatable bonds is 8. The van der Waals surface area contributed by atoms with Crippen molar-refractivity contribution >= 4 is 29.9 Å². The number of guanidine groups is 1. The van der Waals surface area contributed by atoms with E-state index in [0.29, 0.717) is 11.9 Å². The number of benzene rings is 1. The number of nitrogens with two attached hydrogens (primary N) is 1. The molecule has 1 saturated heterocycles. The standard InChI is InChI=1S/C18H30N4.HI/c1-2-3-11-20-18(19)21-14-17-10-13-22(15-17)12-9-16-7-5-4-6-8-16;/h4-8,17H,2-3,9-15H2,1H3,(H3,19,20,21);1H. The number of halogens is 1. The van der Waals surface area contributed by atoms with Crippen molar-refractivity contribution in [3.8, 4) is 0 Å². The highest BCUT2D eigenvalue weighted by Crippen LogP contribution is 2.16. The highest BCUT2D eigenvalue weighted by molar-refractivity contribution is 14.0. The molecule has 0 spiro atoms. The van der Waals surface area contributed by atoms with Crippen LogP contribution < -0.4 is 11.1 Å². The maximum Gasteiger partial charge on any atom is 0.188 e. The lowest BCUT2D eigenvalue weighted by Gasteiger charge is -2.15. The van der Waals surface area contributed by atoms with E-state index in [2.05, 4.69) is 52.5 Å². The largest absolute Gasteiger partial charge is 0.370 e. The highest BCUT2D eigenvalue weighted by Gasteiger charge is 2.21.